The first-order chi connectivity index (χ1) is 8.21. The first-order valence-electron chi connectivity index (χ1n) is 6.00. The molecule has 0 aromatic heterocycles. The average molecular weight is 234 g/mol. The zero-order valence-corrected chi connectivity index (χ0v) is 10.1. The van der Waals surface area contributed by atoms with Crippen LogP contribution in [-0.2, 0) is 20.9 Å². The van der Waals surface area contributed by atoms with E-state index in [0.29, 0.717) is 19.8 Å². The summed E-state index contributed by atoms with van der Waals surface area (Å²) in [6.45, 7) is 3.62. The predicted molar refractivity (Wildman–Crippen MR) is 64.4 cm³/mol. The van der Waals surface area contributed by atoms with E-state index in [1.165, 1.54) is 0 Å². The molecular weight excluding hydrogens is 216 g/mol. The number of hydrogen-bond acceptors (Lipinski definition) is 3. The Balaban J connectivity index is 1.88. The third-order valence-electron chi connectivity index (χ3n) is 3.30. The van der Waals surface area contributed by atoms with E-state index in [2.05, 4.69) is 0 Å². The predicted octanol–water partition coefficient (Wildman–Crippen LogP) is 2.55. The molecule has 1 aliphatic heterocycles. The lowest BCUT2D eigenvalue weighted by Gasteiger charge is -2.30. The van der Waals surface area contributed by atoms with Crippen LogP contribution in [0.1, 0.15) is 25.3 Å². The number of carbonyl (C=O) groups excluding carboxylic acids is 1. The summed E-state index contributed by atoms with van der Waals surface area (Å²) in [7, 11) is 0. The molecule has 1 heterocycles. The number of hydrogen-bond donors (Lipinski definition) is 0. The minimum Gasteiger partial charge on any atom is -0.460 e. The van der Waals surface area contributed by atoms with Crippen LogP contribution in [-0.4, -0.2) is 19.2 Å². The summed E-state index contributed by atoms with van der Waals surface area (Å²) >= 11 is 0. The minimum absolute atomic E-state index is 0.107. The molecule has 0 aliphatic carbocycles. The van der Waals surface area contributed by atoms with Gasteiger partial charge in [0, 0.05) is 13.2 Å². The Labute approximate surface area is 102 Å². The molecule has 0 spiro atoms. The second-order valence-electron chi connectivity index (χ2n) is 4.73. The molecule has 0 atom stereocenters. The largest absolute Gasteiger partial charge is 0.460 e. The second-order valence-corrected chi connectivity index (χ2v) is 4.73. The van der Waals surface area contributed by atoms with Gasteiger partial charge in [-0.2, -0.15) is 0 Å². The van der Waals surface area contributed by atoms with Gasteiger partial charge in [0.15, 0.2) is 0 Å². The molecule has 3 heteroatoms. The van der Waals surface area contributed by atoms with Crippen LogP contribution in [0, 0.1) is 5.41 Å². The van der Waals surface area contributed by atoms with Gasteiger partial charge in [-0.3, -0.25) is 4.79 Å². The van der Waals surface area contributed by atoms with Gasteiger partial charge >= 0.3 is 5.97 Å². The van der Waals surface area contributed by atoms with Gasteiger partial charge in [-0.25, -0.2) is 0 Å². The summed E-state index contributed by atoms with van der Waals surface area (Å²) in [5.41, 5.74) is 0.657. The van der Waals surface area contributed by atoms with E-state index < -0.39 is 0 Å². The van der Waals surface area contributed by atoms with Gasteiger partial charge in [0.2, 0.25) is 0 Å². The monoisotopic (exact) mass is 234 g/mol. The van der Waals surface area contributed by atoms with Gasteiger partial charge < -0.3 is 9.47 Å². The van der Waals surface area contributed by atoms with E-state index in [1.54, 1.807) is 0 Å². The fraction of sp³-hybridized carbons (Fsp3) is 0.500. The van der Waals surface area contributed by atoms with Crippen molar-refractivity contribution in [1.29, 1.82) is 0 Å². The van der Waals surface area contributed by atoms with Gasteiger partial charge in [0.25, 0.3) is 0 Å². The number of rotatable bonds is 3. The van der Waals surface area contributed by atoms with Crippen molar-refractivity contribution in [3.63, 3.8) is 0 Å². The van der Waals surface area contributed by atoms with Crippen molar-refractivity contribution in [2.45, 2.75) is 26.4 Å². The summed E-state index contributed by atoms with van der Waals surface area (Å²) in [6, 6.07) is 9.75. The first-order valence-corrected chi connectivity index (χ1v) is 6.00. The Kier molecular flexibility index (Phi) is 3.79. The van der Waals surface area contributed by atoms with Gasteiger partial charge in [-0.1, -0.05) is 30.3 Å². The molecule has 2 rings (SSSR count). The Morgan fingerprint density at radius 1 is 1.29 bits per heavy atom. The highest BCUT2D eigenvalue weighted by Crippen LogP contribution is 2.31. The van der Waals surface area contributed by atoms with Gasteiger partial charge in [-0.15, -0.1) is 0 Å². The average Bonchev–Trinajstić information content (AvgIpc) is 2.38. The third-order valence-corrected chi connectivity index (χ3v) is 3.30. The van der Waals surface area contributed by atoms with Gasteiger partial charge in [0.05, 0.1) is 5.41 Å². The quantitative estimate of drug-likeness (QED) is 0.754. The molecule has 3 nitrogen and oxygen atoms in total. The van der Waals surface area contributed by atoms with Crippen LogP contribution in [0.15, 0.2) is 30.3 Å². The van der Waals surface area contributed by atoms with Crippen LogP contribution in [0.25, 0.3) is 0 Å². The van der Waals surface area contributed by atoms with E-state index in [4.69, 9.17) is 9.47 Å². The van der Waals surface area contributed by atoms with Crippen LogP contribution in [0.5, 0.6) is 0 Å². The van der Waals surface area contributed by atoms with E-state index in [1.807, 2.05) is 37.3 Å². The summed E-state index contributed by atoms with van der Waals surface area (Å²) < 4.78 is 10.6. The zero-order chi connectivity index (χ0) is 12.1. The highest BCUT2D eigenvalue weighted by Gasteiger charge is 2.36. The van der Waals surface area contributed by atoms with E-state index >= 15 is 0 Å². The molecule has 1 aromatic rings. The number of ether oxygens (including phenoxy) is 2. The Morgan fingerprint density at radius 3 is 2.59 bits per heavy atom. The molecule has 0 amide bonds. The van der Waals surface area contributed by atoms with Crippen molar-refractivity contribution < 1.29 is 14.3 Å². The van der Waals surface area contributed by atoms with Crippen LogP contribution in [0.2, 0.25) is 0 Å². The molecule has 0 bridgehead atoms. The topological polar surface area (TPSA) is 35.5 Å². The molecular formula is C14H18O3. The van der Waals surface area contributed by atoms with Crippen molar-refractivity contribution in [3.05, 3.63) is 35.9 Å². The van der Waals surface area contributed by atoms with Crippen LogP contribution in [0.4, 0.5) is 0 Å². The van der Waals surface area contributed by atoms with E-state index in [-0.39, 0.29) is 11.4 Å². The van der Waals surface area contributed by atoms with Crippen molar-refractivity contribution >= 4 is 5.97 Å². The number of benzene rings is 1. The highest BCUT2D eigenvalue weighted by atomic mass is 16.5. The fourth-order valence-electron chi connectivity index (χ4n) is 1.92. The summed E-state index contributed by atoms with van der Waals surface area (Å²) in [5.74, 6) is -0.107. The standard InChI is InChI=1S/C14H18O3/c1-14(7-9-16-10-8-14)13(15)17-11-12-5-3-2-4-6-12/h2-6H,7-11H2,1H3. The molecule has 92 valence electrons. The highest BCUT2D eigenvalue weighted by molar-refractivity contribution is 5.76. The van der Waals surface area contributed by atoms with Crippen molar-refractivity contribution in [2.24, 2.45) is 5.41 Å². The lowest BCUT2D eigenvalue weighted by molar-refractivity contribution is -0.161. The van der Waals surface area contributed by atoms with Crippen molar-refractivity contribution in [3.8, 4) is 0 Å². The van der Waals surface area contributed by atoms with Crippen molar-refractivity contribution in [2.75, 3.05) is 13.2 Å². The van der Waals surface area contributed by atoms with Crippen molar-refractivity contribution in [1.82, 2.24) is 0 Å². The molecule has 17 heavy (non-hydrogen) atoms. The summed E-state index contributed by atoms with van der Waals surface area (Å²) in [5, 5.41) is 0. The lowest BCUT2D eigenvalue weighted by Crippen LogP contribution is -2.35. The lowest BCUT2D eigenvalue weighted by atomic mass is 9.82. The Morgan fingerprint density at radius 2 is 1.94 bits per heavy atom. The maximum absolute atomic E-state index is 12.0. The normalized spacial score (nSPS) is 18.6. The Bertz CT molecular complexity index is 366. The Hall–Kier alpha value is -1.35. The second kappa shape index (κ2) is 5.32. The molecule has 1 fully saturated rings. The third kappa shape index (κ3) is 3.07. The number of esters is 1. The molecule has 1 aliphatic rings. The van der Waals surface area contributed by atoms with Gasteiger partial charge in [0.1, 0.15) is 6.61 Å². The number of carbonyl (C=O) groups is 1. The molecule has 0 unspecified atom stereocenters. The summed E-state index contributed by atoms with van der Waals surface area (Å²) in [4.78, 5) is 12.0. The fourth-order valence-corrected chi connectivity index (χ4v) is 1.92. The maximum atomic E-state index is 12.0. The minimum atomic E-state index is -0.368. The smallest absolute Gasteiger partial charge is 0.312 e. The van der Waals surface area contributed by atoms with Crippen LogP contribution in [0.3, 0.4) is 0 Å². The van der Waals surface area contributed by atoms with Crippen LogP contribution >= 0.6 is 0 Å². The van der Waals surface area contributed by atoms with Crippen LogP contribution < -0.4 is 0 Å². The molecule has 0 saturated carbocycles. The molecule has 1 aromatic carbocycles. The zero-order valence-electron chi connectivity index (χ0n) is 10.1. The van der Waals surface area contributed by atoms with E-state index in [0.717, 1.165) is 18.4 Å². The molecule has 0 N–H and O–H groups in total. The molecule has 1 saturated heterocycles. The maximum Gasteiger partial charge on any atom is 0.312 e. The molecule has 0 radical (unpaired) electrons. The SMILES string of the molecule is CC1(C(=O)OCc2ccccc2)CCOCC1. The van der Waals surface area contributed by atoms with E-state index in [9.17, 15) is 4.79 Å². The first kappa shape index (κ1) is 12.1. The summed E-state index contributed by atoms with van der Waals surface area (Å²) in [6.07, 6.45) is 1.50. The van der Waals surface area contributed by atoms with Gasteiger partial charge in [-0.05, 0) is 25.3 Å².